The number of fused-ring (bicyclic) bond motifs is 1. The van der Waals surface area contributed by atoms with Crippen LogP contribution in [0.2, 0.25) is 10.0 Å². The number of hydrogen-bond acceptors (Lipinski definition) is 6. The number of morpholine rings is 1. The zero-order valence-electron chi connectivity index (χ0n) is 20.3. The third-order valence-corrected chi connectivity index (χ3v) is 9.18. The first-order chi connectivity index (χ1) is 17.4. The minimum Gasteiger partial charge on any atom is -0.506 e. The molecule has 0 unspecified atom stereocenters. The number of thioether (sulfide) groups is 1. The maximum Gasteiger partial charge on any atom is 0.340 e. The number of halogens is 4. The van der Waals surface area contributed by atoms with Crippen molar-refractivity contribution in [3.63, 3.8) is 0 Å². The van der Waals surface area contributed by atoms with E-state index in [9.17, 15) is 9.90 Å². The number of phenolic OH excluding ortho intramolecular Hbond substituents is 1. The Morgan fingerprint density at radius 3 is 2.54 bits per heavy atom. The minimum absolute atomic E-state index is 0. The van der Waals surface area contributed by atoms with Crippen LogP contribution in [0.25, 0.3) is 10.9 Å². The van der Waals surface area contributed by atoms with Gasteiger partial charge in [0.15, 0.2) is 0 Å². The lowest BCUT2D eigenvalue weighted by Crippen LogP contribution is -2.35. The summed E-state index contributed by atoms with van der Waals surface area (Å²) in [5.41, 5.74) is 3.04. The van der Waals surface area contributed by atoms with Crippen LogP contribution in [-0.4, -0.2) is 53.5 Å². The summed E-state index contributed by atoms with van der Waals surface area (Å²) in [7, 11) is 0. The Labute approximate surface area is 245 Å². The second-order valence-corrected chi connectivity index (χ2v) is 11.6. The highest BCUT2D eigenvalue weighted by atomic mass is 79.9. The van der Waals surface area contributed by atoms with Crippen LogP contribution >= 0.6 is 63.3 Å². The van der Waals surface area contributed by atoms with E-state index >= 15 is 0 Å². The third-order valence-electron chi connectivity index (χ3n) is 6.57. The molecule has 3 aromatic rings. The number of carbonyl (C=O) groups is 1. The summed E-state index contributed by atoms with van der Waals surface area (Å²) < 4.78 is 13.9. The Kier molecular flexibility index (Phi) is 9.65. The summed E-state index contributed by atoms with van der Waals surface area (Å²) >= 11 is 18.0. The van der Waals surface area contributed by atoms with Gasteiger partial charge in [0.2, 0.25) is 0 Å². The van der Waals surface area contributed by atoms with Gasteiger partial charge >= 0.3 is 5.97 Å². The van der Waals surface area contributed by atoms with E-state index in [0.29, 0.717) is 51.6 Å². The molecule has 1 N–H and O–H groups in total. The van der Waals surface area contributed by atoms with Crippen molar-refractivity contribution >= 4 is 80.2 Å². The predicted octanol–water partition coefficient (Wildman–Crippen LogP) is 7.47. The fraction of sp³-hybridized carbons (Fsp3) is 0.423. The summed E-state index contributed by atoms with van der Waals surface area (Å²) in [4.78, 5) is 16.5. The van der Waals surface area contributed by atoms with Gasteiger partial charge in [0.05, 0.1) is 45.4 Å². The van der Waals surface area contributed by atoms with Crippen LogP contribution in [0.1, 0.15) is 47.4 Å². The maximum atomic E-state index is 13.5. The topological polar surface area (TPSA) is 63.9 Å². The van der Waals surface area contributed by atoms with Gasteiger partial charge in [0, 0.05) is 53.0 Å². The van der Waals surface area contributed by atoms with Gasteiger partial charge in [-0.15, -0.1) is 24.2 Å². The molecule has 11 heteroatoms. The molecule has 2 heterocycles. The Hall–Kier alpha value is -1.13. The van der Waals surface area contributed by atoms with E-state index in [-0.39, 0.29) is 30.7 Å². The van der Waals surface area contributed by atoms with Crippen molar-refractivity contribution in [2.75, 3.05) is 32.9 Å². The lowest BCUT2D eigenvalue weighted by atomic mass is 10.0. The standard InChI is InChI=1S/C26H27BrCl2N2O4S.ClH/c1-2-35-26(33)23-21(14-36-25-18(28)4-3-5-19(25)29)31(15-6-7-15)20-12-17(27)24(32)16(22(20)23)13-30-8-10-34-11-9-30;/h3-5,12,15,32H,2,6-11,13-14H2,1H3;1H. The minimum atomic E-state index is -0.382. The molecule has 6 nitrogen and oxygen atoms in total. The van der Waals surface area contributed by atoms with E-state index in [1.165, 1.54) is 11.8 Å². The van der Waals surface area contributed by atoms with E-state index in [1.54, 1.807) is 6.92 Å². The number of benzene rings is 2. The molecule has 0 bridgehead atoms. The summed E-state index contributed by atoms with van der Waals surface area (Å²) in [6.45, 7) is 5.39. The highest BCUT2D eigenvalue weighted by Gasteiger charge is 2.35. The molecule has 2 aliphatic rings. The average Bonchev–Trinajstić information content (AvgIpc) is 3.64. The predicted molar refractivity (Wildman–Crippen MR) is 155 cm³/mol. The molecule has 0 amide bonds. The normalized spacial score (nSPS) is 16.1. The van der Waals surface area contributed by atoms with Crippen molar-refractivity contribution in [1.29, 1.82) is 0 Å². The molecular formula is C26H28BrCl3N2O4S. The van der Waals surface area contributed by atoms with Gasteiger partial charge in [-0.2, -0.15) is 0 Å². The molecule has 2 fully saturated rings. The van der Waals surface area contributed by atoms with Crippen molar-refractivity contribution < 1.29 is 19.4 Å². The van der Waals surface area contributed by atoms with Gasteiger partial charge in [0.1, 0.15) is 5.75 Å². The maximum absolute atomic E-state index is 13.5. The van der Waals surface area contributed by atoms with Gasteiger partial charge in [-0.05, 0) is 53.9 Å². The van der Waals surface area contributed by atoms with Crippen LogP contribution in [0, 0.1) is 0 Å². The fourth-order valence-corrected chi connectivity index (χ4v) is 6.93. The Balaban J connectivity index is 0.00000320. The van der Waals surface area contributed by atoms with Gasteiger partial charge < -0.3 is 19.1 Å². The van der Waals surface area contributed by atoms with Gasteiger partial charge in [-0.25, -0.2) is 4.79 Å². The summed E-state index contributed by atoms with van der Waals surface area (Å²) in [6, 6.07) is 7.66. The first-order valence-corrected chi connectivity index (χ1v) is 14.5. The first kappa shape index (κ1) is 28.9. The SMILES string of the molecule is CCOC(=O)c1c(CSc2c(Cl)cccc2Cl)n(C2CC2)c2cc(Br)c(O)c(CN3CCOCC3)c12.Cl. The van der Waals surface area contributed by atoms with Gasteiger partial charge in [-0.1, -0.05) is 29.3 Å². The number of esters is 1. The van der Waals surface area contributed by atoms with Crippen LogP contribution in [0.4, 0.5) is 0 Å². The average molecular weight is 651 g/mol. The Morgan fingerprint density at radius 2 is 1.92 bits per heavy atom. The third kappa shape index (κ3) is 5.91. The van der Waals surface area contributed by atoms with E-state index in [2.05, 4.69) is 25.4 Å². The zero-order chi connectivity index (χ0) is 25.4. The highest BCUT2D eigenvalue weighted by molar-refractivity contribution is 9.10. The lowest BCUT2D eigenvalue weighted by Gasteiger charge is -2.27. The number of carbonyl (C=O) groups excluding carboxylic acids is 1. The molecule has 1 aromatic heterocycles. The van der Waals surface area contributed by atoms with Crippen LogP contribution in [0.3, 0.4) is 0 Å². The molecule has 1 saturated heterocycles. The molecule has 0 radical (unpaired) electrons. The van der Waals surface area contributed by atoms with Crippen molar-refractivity contribution in [2.24, 2.45) is 0 Å². The summed E-state index contributed by atoms with van der Waals surface area (Å²) in [6.07, 6.45) is 2.07. The zero-order valence-corrected chi connectivity index (χ0v) is 25.0. The number of ether oxygens (including phenoxy) is 2. The van der Waals surface area contributed by atoms with Crippen LogP contribution in [0.15, 0.2) is 33.6 Å². The number of nitrogens with zero attached hydrogens (tertiary/aromatic N) is 2. The van der Waals surface area contributed by atoms with Crippen molar-refractivity contribution in [1.82, 2.24) is 9.47 Å². The number of hydrogen-bond donors (Lipinski definition) is 1. The smallest absolute Gasteiger partial charge is 0.340 e. The fourth-order valence-electron chi connectivity index (χ4n) is 4.77. The molecule has 1 aliphatic heterocycles. The molecule has 200 valence electrons. The summed E-state index contributed by atoms with van der Waals surface area (Å²) in [5.74, 6) is 0.256. The Morgan fingerprint density at radius 1 is 1.24 bits per heavy atom. The molecular weight excluding hydrogens is 623 g/mol. The van der Waals surface area contributed by atoms with Crippen LogP contribution < -0.4 is 0 Å². The number of aromatic nitrogens is 1. The number of aromatic hydroxyl groups is 1. The second-order valence-electron chi connectivity index (χ2n) is 8.95. The molecule has 37 heavy (non-hydrogen) atoms. The molecule has 0 atom stereocenters. The van der Waals surface area contributed by atoms with E-state index in [1.807, 2.05) is 24.3 Å². The Bertz CT molecular complexity index is 1290. The molecule has 2 aromatic carbocycles. The van der Waals surface area contributed by atoms with E-state index in [4.69, 9.17) is 32.7 Å². The quantitative estimate of drug-likeness (QED) is 0.202. The van der Waals surface area contributed by atoms with Crippen molar-refractivity contribution in [3.8, 4) is 5.75 Å². The monoisotopic (exact) mass is 648 g/mol. The molecule has 5 rings (SSSR count). The van der Waals surface area contributed by atoms with Gasteiger partial charge in [-0.3, -0.25) is 4.90 Å². The van der Waals surface area contributed by atoms with Gasteiger partial charge in [0.25, 0.3) is 0 Å². The second kappa shape index (κ2) is 12.4. The van der Waals surface area contributed by atoms with Crippen LogP contribution in [0.5, 0.6) is 5.75 Å². The largest absolute Gasteiger partial charge is 0.506 e. The van der Waals surface area contributed by atoms with Crippen LogP contribution in [-0.2, 0) is 21.8 Å². The van der Waals surface area contributed by atoms with Crippen molar-refractivity contribution in [3.05, 3.63) is 55.6 Å². The first-order valence-electron chi connectivity index (χ1n) is 12.0. The molecule has 1 aliphatic carbocycles. The van der Waals surface area contributed by atoms with E-state index in [0.717, 1.165) is 53.0 Å². The molecule has 1 saturated carbocycles. The number of rotatable bonds is 8. The van der Waals surface area contributed by atoms with Crippen molar-refractivity contribution in [2.45, 2.75) is 43.0 Å². The molecule has 0 spiro atoms. The highest BCUT2D eigenvalue weighted by Crippen LogP contribution is 2.48. The summed E-state index contributed by atoms with van der Waals surface area (Å²) in [5, 5.41) is 13.1. The van der Waals surface area contributed by atoms with E-state index < -0.39 is 0 Å². The number of phenols is 1. The lowest BCUT2D eigenvalue weighted by molar-refractivity contribution is 0.0340.